The Morgan fingerprint density at radius 1 is 1.15 bits per heavy atom. The number of aryl methyl sites for hydroxylation is 1. The van der Waals surface area contributed by atoms with Crippen molar-refractivity contribution in [2.75, 3.05) is 19.6 Å². The molecule has 2 aliphatic rings. The van der Waals surface area contributed by atoms with Crippen LogP contribution >= 0.6 is 12.4 Å². The molecular weight excluding hydrogens is 389 g/mol. The maximum Gasteiger partial charge on any atom is 0.416 e. The Kier molecular flexibility index (Phi) is 6.64. The zero-order chi connectivity index (χ0) is 18.2. The van der Waals surface area contributed by atoms with E-state index in [-0.39, 0.29) is 28.9 Å². The van der Waals surface area contributed by atoms with Gasteiger partial charge in [0.15, 0.2) is 0 Å². The highest BCUT2D eigenvalue weighted by molar-refractivity contribution is 7.89. The van der Waals surface area contributed by atoms with Crippen LogP contribution in [-0.2, 0) is 16.2 Å². The summed E-state index contributed by atoms with van der Waals surface area (Å²) in [7, 11) is -3.90. The molecule has 2 fully saturated rings. The Bertz CT molecular complexity index is 728. The Labute approximate surface area is 158 Å². The Morgan fingerprint density at radius 2 is 1.77 bits per heavy atom. The molecule has 9 heteroatoms. The molecule has 148 valence electrons. The molecule has 0 aromatic heterocycles. The van der Waals surface area contributed by atoms with Crippen LogP contribution in [0, 0.1) is 12.8 Å². The van der Waals surface area contributed by atoms with Crippen molar-refractivity contribution < 1.29 is 21.6 Å². The van der Waals surface area contributed by atoms with E-state index in [1.54, 1.807) is 0 Å². The van der Waals surface area contributed by atoms with Crippen LogP contribution in [0.15, 0.2) is 23.1 Å². The lowest BCUT2D eigenvalue weighted by Gasteiger charge is -2.32. The van der Waals surface area contributed by atoms with E-state index in [2.05, 4.69) is 5.32 Å². The van der Waals surface area contributed by atoms with Crippen molar-refractivity contribution >= 4 is 22.4 Å². The number of hydrogen-bond acceptors (Lipinski definition) is 3. The van der Waals surface area contributed by atoms with Gasteiger partial charge in [0, 0.05) is 19.1 Å². The zero-order valence-corrected chi connectivity index (χ0v) is 16.2. The summed E-state index contributed by atoms with van der Waals surface area (Å²) < 4.78 is 65.8. The first-order valence-corrected chi connectivity index (χ1v) is 10.0. The van der Waals surface area contributed by atoms with Gasteiger partial charge in [0.25, 0.3) is 0 Å². The van der Waals surface area contributed by atoms with Crippen molar-refractivity contribution in [3.05, 3.63) is 29.3 Å². The number of nitrogens with zero attached hydrogens (tertiary/aromatic N) is 1. The number of hydrogen-bond donors (Lipinski definition) is 1. The van der Waals surface area contributed by atoms with Gasteiger partial charge in [-0.25, -0.2) is 8.42 Å². The molecular formula is C17H24ClF3N2O2S. The van der Waals surface area contributed by atoms with Gasteiger partial charge in [0.05, 0.1) is 10.5 Å². The minimum atomic E-state index is -4.56. The van der Waals surface area contributed by atoms with Crippen molar-refractivity contribution in [3.63, 3.8) is 0 Å². The summed E-state index contributed by atoms with van der Waals surface area (Å²) in [6.07, 6.45) is -0.673. The lowest BCUT2D eigenvalue weighted by molar-refractivity contribution is -0.138. The van der Waals surface area contributed by atoms with Crippen LogP contribution in [0.5, 0.6) is 0 Å². The first-order valence-electron chi connectivity index (χ1n) is 8.59. The number of halogens is 4. The summed E-state index contributed by atoms with van der Waals surface area (Å²) in [4.78, 5) is -0.283. The average molecular weight is 413 g/mol. The SMILES string of the molecule is Cc1ccc(S(=O)(=O)N2CCC(NCC3CC3)CC2)cc1C(F)(F)F.Cl. The molecule has 1 aliphatic heterocycles. The maximum atomic E-state index is 13.0. The molecule has 0 radical (unpaired) electrons. The number of benzene rings is 1. The van der Waals surface area contributed by atoms with Gasteiger partial charge in [-0.15, -0.1) is 12.4 Å². The van der Waals surface area contributed by atoms with Crippen molar-refractivity contribution in [2.45, 2.75) is 49.7 Å². The lowest BCUT2D eigenvalue weighted by Crippen LogP contribution is -2.45. The molecule has 0 atom stereocenters. The second kappa shape index (κ2) is 8.04. The molecule has 4 nitrogen and oxygen atoms in total. The molecule has 1 heterocycles. The summed E-state index contributed by atoms with van der Waals surface area (Å²) in [6, 6.07) is 3.52. The molecule has 1 saturated carbocycles. The summed E-state index contributed by atoms with van der Waals surface area (Å²) in [5.74, 6) is 0.759. The van der Waals surface area contributed by atoms with Gasteiger partial charge in [0.1, 0.15) is 0 Å². The van der Waals surface area contributed by atoms with Gasteiger partial charge in [-0.1, -0.05) is 6.07 Å². The van der Waals surface area contributed by atoms with E-state index in [1.165, 1.54) is 36.2 Å². The van der Waals surface area contributed by atoms with Crippen LogP contribution in [0.1, 0.15) is 36.8 Å². The Hall–Kier alpha value is -0.830. The minimum absolute atomic E-state index is 0. The van der Waals surface area contributed by atoms with E-state index in [0.29, 0.717) is 25.9 Å². The fourth-order valence-corrected chi connectivity index (χ4v) is 4.67. The van der Waals surface area contributed by atoms with Crippen LogP contribution in [0.4, 0.5) is 13.2 Å². The largest absolute Gasteiger partial charge is 0.416 e. The van der Waals surface area contributed by atoms with Crippen LogP contribution in [0.2, 0.25) is 0 Å². The maximum absolute atomic E-state index is 13.0. The second-order valence-corrected chi connectivity index (χ2v) is 8.94. The third-order valence-corrected chi connectivity index (χ3v) is 6.89. The highest BCUT2D eigenvalue weighted by Gasteiger charge is 2.35. The molecule has 0 spiro atoms. The lowest BCUT2D eigenvalue weighted by atomic mass is 10.1. The highest BCUT2D eigenvalue weighted by Crippen LogP contribution is 2.34. The van der Waals surface area contributed by atoms with E-state index in [9.17, 15) is 21.6 Å². The molecule has 1 N–H and O–H groups in total. The normalized spacial score (nSPS) is 20.0. The van der Waals surface area contributed by atoms with E-state index < -0.39 is 21.8 Å². The molecule has 1 aromatic rings. The monoisotopic (exact) mass is 412 g/mol. The van der Waals surface area contributed by atoms with Gasteiger partial charge < -0.3 is 5.32 Å². The summed E-state index contributed by atoms with van der Waals surface area (Å²) >= 11 is 0. The van der Waals surface area contributed by atoms with Gasteiger partial charge in [0.2, 0.25) is 10.0 Å². The third-order valence-electron chi connectivity index (χ3n) is 5.00. The summed E-state index contributed by atoms with van der Waals surface area (Å²) in [6.45, 7) is 2.97. The van der Waals surface area contributed by atoms with E-state index in [0.717, 1.165) is 18.5 Å². The quantitative estimate of drug-likeness (QED) is 0.804. The summed E-state index contributed by atoms with van der Waals surface area (Å²) in [5.41, 5.74) is -0.871. The van der Waals surface area contributed by atoms with Crippen molar-refractivity contribution in [1.82, 2.24) is 9.62 Å². The summed E-state index contributed by atoms with van der Waals surface area (Å²) in [5, 5.41) is 3.46. The van der Waals surface area contributed by atoms with Crippen LogP contribution in [0.3, 0.4) is 0 Å². The molecule has 0 bridgehead atoms. The van der Waals surface area contributed by atoms with E-state index >= 15 is 0 Å². The van der Waals surface area contributed by atoms with E-state index in [4.69, 9.17) is 0 Å². The third kappa shape index (κ3) is 4.91. The molecule has 1 aromatic carbocycles. The molecule has 0 amide bonds. The standard InChI is InChI=1S/C17H23F3N2O2S.ClH/c1-12-2-5-15(10-16(12)17(18,19)20)25(23,24)22-8-6-14(7-9-22)21-11-13-3-4-13;/h2,5,10,13-14,21H,3-4,6-9,11H2,1H3;1H. The number of nitrogens with one attached hydrogen (secondary N) is 1. The van der Waals surface area contributed by atoms with Crippen LogP contribution in [0.25, 0.3) is 0 Å². The van der Waals surface area contributed by atoms with Gasteiger partial charge in [-0.05, 0) is 62.8 Å². The van der Waals surface area contributed by atoms with Crippen LogP contribution in [-0.4, -0.2) is 38.4 Å². The van der Waals surface area contributed by atoms with Crippen molar-refractivity contribution in [2.24, 2.45) is 5.92 Å². The van der Waals surface area contributed by atoms with E-state index in [1.807, 2.05) is 0 Å². The predicted octanol–water partition coefficient (Wildman–Crippen LogP) is 3.59. The minimum Gasteiger partial charge on any atom is -0.314 e. The predicted molar refractivity (Wildman–Crippen MR) is 95.9 cm³/mol. The molecule has 26 heavy (non-hydrogen) atoms. The number of alkyl halides is 3. The molecule has 3 rings (SSSR count). The van der Waals surface area contributed by atoms with Gasteiger partial charge in [-0.2, -0.15) is 17.5 Å². The van der Waals surface area contributed by atoms with Gasteiger partial charge in [-0.3, -0.25) is 0 Å². The van der Waals surface area contributed by atoms with Crippen molar-refractivity contribution in [1.29, 1.82) is 0 Å². The topological polar surface area (TPSA) is 49.4 Å². The fraction of sp³-hybridized carbons (Fsp3) is 0.647. The average Bonchev–Trinajstić information content (AvgIpc) is 3.37. The smallest absolute Gasteiger partial charge is 0.314 e. The number of sulfonamides is 1. The highest BCUT2D eigenvalue weighted by atomic mass is 35.5. The number of rotatable bonds is 5. The number of piperidine rings is 1. The zero-order valence-electron chi connectivity index (χ0n) is 14.6. The molecule has 1 aliphatic carbocycles. The second-order valence-electron chi connectivity index (χ2n) is 7.00. The Balaban J connectivity index is 0.00000243. The Morgan fingerprint density at radius 3 is 2.31 bits per heavy atom. The first kappa shape index (κ1) is 21.5. The molecule has 1 saturated heterocycles. The first-order chi connectivity index (χ1) is 11.7. The van der Waals surface area contributed by atoms with Crippen LogP contribution < -0.4 is 5.32 Å². The fourth-order valence-electron chi connectivity index (χ4n) is 3.17. The van der Waals surface area contributed by atoms with Crippen molar-refractivity contribution in [3.8, 4) is 0 Å². The van der Waals surface area contributed by atoms with Gasteiger partial charge >= 0.3 is 6.18 Å². The molecule has 0 unspecified atom stereocenters.